The maximum absolute atomic E-state index is 12.7. The van der Waals surface area contributed by atoms with E-state index in [1.807, 2.05) is 13.0 Å². The molecule has 3 rings (SSSR count). The molecule has 28 heavy (non-hydrogen) atoms. The Morgan fingerprint density at radius 3 is 2.04 bits per heavy atom. The summed E-state index contributed by atoms with van der Waals surface area (Å²) in [6, 6.07) is 8.10. The summed E-state index contributed by atoms with van der Waals surface area (Å²) in [7, 11) is 1.57. The largest absolute Gasteiger partial charge is 0.496 e. The van der Waals surface area contributed by atoms with Crippen LogP contribution in [0.2, 0.25) is 0 Å². The number of carbonyl (C=O) groups excluding carboxylic acids is 2. The fraction of sp³-hybridized carbons (Fsp3) is 0.300. The predicted octanol–water partition coefficient (Wildman–Crippen LogP) is 1.70. The Bertz CT molecular complexity index is 903. The van der Waals surface area contributed by atoms with E-state index >= 15 is 0 Å². The number of amides is 2. The lowest BCUT2D eigenvalue weighted by Gasteiger charge is -2.34. The number of aryl methyl sites for hydroxylation is 1. The number of rotatable bonds is 4. The Hall–Kier alpha value is -3.42. The third-order valence-electron chi connectivity index (χ3n) is 4.74. The summed E-state index contributed by atoms with van der Waals surface area (Å²) in [6.07, 6.45) is 1.27. The molecule has 1 N–H and O–H groups in total. The summed E-state index contributed by atoms with van der Waals surface area (Å²) >= 11 is 0. The van der Waals surface area contributed by atoms with Crippen molar-refractivity contribution in [2.75, 3.05) is 33.3 Å². The Balaban J connectivity index is 1.63. The van der Waals surface area contributed by atoms with Crippen molar-refractivity contribution in [2.24, 2.45) is 0 Å². The first-order valence-corrected chi connectivity index (χ1v) is 8.83. The molecule has 2 heterocycles. The number of nitrogens with zero attached hydrogens (tertiary/aromatic N) is 3. The first-order valence-electron chi connectivity index (χ1n) is 8.83. The van der Waals surface area contributed by atoms with Gasteiger partial charge in [-0.2, -0.15) is 0 Å². The third kappa shape index (κ3) is 3.95. The van der Waals surface area contributed by atoms with Crippen LogP contribution in [0.3, 0.4) is 0 Å². The summed E-state index contributed by atoms with van der Waals surface area (Å²) in [4.78, 5) is 43.3. The Morgan fingerprint density at radius 2 is 1.54 bits per heavy atom. The van der Waals surface area contributed by atoms with Crippen LogP contribution in [0.15, 0.2) is 36.5 Å². The highest BCUT2D eigenvalue weighted by Crippen LogP contribution is 2.20. The Labute approximate surface area is 162 Å². The van der Waals surface area contributed by atoms with Crippen molar-refractivity contribution in [1.29, 1.82) is 0 Å². The molecule has 0 aliphatic carbocycles. The molecular formula is C20H21N3O5. The molecule has 1 aliphatic rings. The molecule has 0 atom stereocenters. The summed E-state index contributed by atoms with van der Waals surface area (Å²) < 4.78 is 5.28. The average molecular weight is 383 g/mol. The van der Waals surface area contributed by atoms with Crippen molar-refractivity contribution < 1.29 is 24.2 Å². The number of aromatic nitrogens is 1. The van der Waals surface area contributed by atoms with Gasteiger partial charge in [0.05, 0.1) is 12.7 Å². The molecular weight excluding hydrogens is 362 g/mol. The fourth-order valence-corrected chi connectivity index (χ4v) is 3.08. The number of pyridine rings is 1. The SMILES string of the molecule is COc1cc(C(=O)N2CCN(C(=O)c3ccc(C(=O)O)nc3)CC2)ccc1C. The maximum Gasteiger partial charge on any atom is 0.354 e. The van der Waals surface area contributed by atoms with E-state index in [1.165, 1.54) is 18.3 Å². The van der Waals surface area contributed by atoms with Crippen molar-refractivity contribution in [3.05, 3.63) is 58.9 Å². The standard InChI is InChI=1S/C20H21N3O5/c1-13-3-4-14(11-17(13)28-2)18(24)22-7-9-23(10-8-22)19(25)15-5-6-16(20(26)27)21-12-15/h3-6,11-12H,7-10H2,1-2H3,(H,26,27). The van der Waals surface area contributed by atoms with Gasteiger partial charge in [0.2, 0.25) is 0 Å². The van der Waals surface area contributed by atoms with E-state index in [1.54, 1.807) is 29.0 Å². The van der Waals surface area contributed by atoms with Crippen LogP contribution < -0.4 is 4.74 Å². The molecule has 1 saturated heterocycles. The second-order valence-corrected chi connectivity index (χ2v) is 6.51. The van der Waals surface area contributed by atoms with E-state index in [4.69, 9.17) is 9.84 Å². The molecule has 0 saturated carbocycles. The van der Waals surface area contributed by atoms with Gasteiger partial charge in [-0.15, -0.1) is 0 Å². The molecule has 1 aromatic carbocycles. The highest BCUT2D eigenvalue weighted by molar-refractivity contribution is 5.96. The van der Waals surface area contributed by atoms with Gasteiger partial charge >= 0.3 is 5.97 Å². The van der Waals surface area contributed by atoms with Crippen molar-refractivity contribution in [3.63, 3.8) is 0 Å². The molecule has 1 aromatic heterocycles. The number of benzene rings is 1. The molecule has 0 spiro atoms. The van der Waals surface area contributed by atoms with Crippen molar-refractivity contribution >= 4 is 17.8 Å². The number of carbonyl (C=O) groups is 3. The lowest BCUT2D eigenvalue weighted by molar-refractivity contribution is 0.0535. The number of ether oxygens (including phenoxy) is 1. The third-order valence-corrected chi connectivity index (χ3v) is 4.74. The van der Waals surface area contributed by atoms with Gasteiger partial charge in [-0.05, 0) is 36.8 Å². The van der Waals surface area contributed by atoms with Crippen LogP contribution in [0, 0.1) is 6.92 Å². The van der Waals surface area contributed by atoms with Gasteiger partial charge < -0.3 is 19.6 Å². The minimum absolute atomic E-state index is 0.0992. The van der Waals surface area contributed by atoms with Gasteiger partial charge in [-0.25, -0.2) is 9.78 Å². The number of hydrogen-bond acceptors (Lipinski definition) is 5. The van der Waals surface area contributed by atoms with Gasteiger partial charge in [0.15, 0.2) is 0 Å². The zero-order valence-electron chi connectivity index (χ0n) is 15.7. The van der Waals surface area contributed by atoms with Crippen LogP contribution in [0.25, 0.3) is 0 Å². The van der Waals surface area contributed by atoms with Crippen LogP contribution in [0.5, 0.6) is 5.75 Å². The van der Waals surface area contributed by atoms with Gasteiger partial charge in [0.1, 0.15) is 11.4 Å². The molecule has 0 unspecified atom stereocenters. The van der Waals surface area contributed by atoms with Crippen LogP contribution >= 0.6 is 0 Å². The molecule has 146 valence electrons. The minimum Gasteiger partial charge on any atom is -0.496 e. The lowest BCUT2D eigenvalue weighted by Crippen LogP contribution is -2.50. The highest BCUT2D eigenvalue weighted by Gasteiger charge is 2.26. The second kappa shape index (κ2) is 8.08. The first-order chi connectivity index (χ1) is 13.4. The van der Waals surface area contributed by atoms with Crippen LogP contribution in [-0.2, 0) is 0 Å². The number of carboxylic acids is 1. The van der Waals surface area contributed by atoms with E-state index in [0.717, 1.165) is 5.56 Å². The van der Waals surface area contributed by atoms with E-state index < -0.39 is 5.97 Å². The van der Waals surface area contributed by atoms with Crippen molar-refractivity contribution in [2.45, 2.75) is 6.92 Å². The molecule has 0 bridgehead atoms. The first kappa shape index (κ1) is 19.3. The van der Waals surface area contributed by atoms with E-state index in [0.29, 0.717) is 43.1 Å². The summed E-state index contributed by atoms with van der Waals surface area (Å²) in [6.45, 7) is 3.54. The van der Waals surface area contributed by atoms with Crippen LogP contribution in [0.1, 0.15) is 36.8 Å². The van der Waals surface area contributed by atoms with Gasteiger partial charge in [-0.3, -0.25) is 9.59 Å². The predicted molar refractivity (Wildman–Crippen MR) is 101 cm³/mol. The smallest absolute Gasteiger partial charge is 0.354 e. The molecule has 2 amide bonds. The van der Waals surface area contributed by atoms with Crippen molar-refractivity contribution in [3.8, 4) is 5.75 Å². The van der Waals surface area contributed by atoms with Gasteiger partial charge in [-0.1, -0.05) is 6.07 Å². The topological polar surface area (TPSA) is 100 Å². The molecule has 2 aromatic rings. The number of carboxylic acid groups (broad SMARTS) is 1. The molecule has 1 aliphatic heterocycles. The Morgan fingerprint density at radius 1 is 0.964 bits per heavy atom. The van der Waals surface area contributed by atoms with Crippen LogP contribution in [-0.4, -0.2) is 71.0 Å². The minimum atomic E-state index is -1.14. The molecule has 1 fully saturated rings. The zero-order chi connectivity index (χ0) is 20.3. The van der Waals surface area contributed by atoms with E-state index in [2.05, 4.69) is 4.98 Å². The van der Waals surface area contributed by atoms with E-state index in [9.17, 15) is 14.4 Å². The molecule has 8 heteroatoms. The van der Waals surface area contributed by atoms with E-state index in [-0.39, 0.29) is 17.5 Å². The summed E-state index contributed by atoms with van der Waals surface area (Å²) in [5.74, 6) is -0.803. The number of aromatic carboxylic acids is 1. The summed E-state index contributed by atoms with van der Waals surface area (Å²) in [5, 5.41) is 8.88. The quantitative estimate of drug-likeness (QED) is 0.863. The number of methoxy groups -OCH3 is 1. The Kier molecular flexibility index (Phi) is 5.58. The number of hydrogen-bond donors (Lipinski definition) is 1. The maximum atomic E-state index is 12.7. The summed E-state index contributed by atoms with van der Waals surface area (Å²) in [5.41, 5.74) is 1.72. The fourth-order valence-electron chi connectivity index (χ4n) is 3.08. The van der Waals surface area contributed by atoms with Crippen molar-refractivity contribution in [1.82, 2.24) is 14.8 Å². The highest BCUT2D eigenvalue weighted by atomic mass is 16.5. The number of piperazine rings is 1. The lowest BCUT2D eigenvalue weighted by atomic mass is 10.1. The zero-order valence-corrected chi connectivity index (χ0v) is 15.7. The molecule has 0 radical (unpaired) electrons. The molecule has 8 nitrogen and oxygen atoms in total. The second-order valence-electron chi connectivity index (χ2n) is 6.51. The average Bonchev–Trinajstić information content (AvgIpc) is 2.73. The van der Waals surface area contributed by atoms with Crippen LogP contribution in [0.4, 0.5) is 0 Å². The normalized spacial score (nSPS) is 13.9. The van der Waals surface area contributed by atoms with Gasteiger partial charge in [0.25, 0.3) is 11.8 Å². The van der Waals surface area contributed by atoms with Gasteiger partial charge in [0, 0.05) is 37.9 Å². The monoisotopic (exact) mass is 383 g/mol.